The molecule has 0 saturated carbocycles. The van der Waals surface area contributed by atoms with Gasteiger partial charge >= 0.3 is 0 Å². The molecule has 0 N–H and O–H groups in total. The normalized spacial score (nSPS) is 19.4. The van der Waals surface area contributed by atoms with E-state index in [1.807, 2.05) is 24.3 Å². The number of hydrogen-bond acceptors (Lipinski definition) is 4. The first kappa shape index (κ1) is 19.6. The highest BCUT2D eigenvalue weighted by molar-refractivity contribution is 9.10. The van der Waals surface area contributed by atoms with E-state index in [0.29, 0.717) is 0 Å². The zero-order chi connectivity index (χ0) is 19.9. The van der Waals surface area contributed by atoms with Crippen LogP contribution in [0, 0.1) is 5.92 Å². The lowest BCUT2D eigenvalue weighted by Crippen LogP contribution is -2.30. The third-order valence-electron chi connectivity index (χ3n) is 5.31. The van der Waals surface area contributed by atoms with Gasteiger partial charge in [0.1, 0.15) is 0 Å². The highest BCUT2D eigenvalue weighted by Crippen LogP contribution is 2.41. The van der Waals surface area contributed by atoms with Crippen LogP contribution in [0.25, 0.3) is 10.9 Å². The molecular weight excluding hydrogens is 440 g/mol. The summed E-state index contributed by atoms with van der Waals surface area (Å²) in [4.78, 5) is 2.29. The van der Waals surface area contributed by atoms with Crippen molar-refractivity contribution in [3.63, 3.8) is 0 Å². The lowest BCUT2D eigenvalue weighted by molar-refractivity contribution is 0.136. The zero-order valence-electron chi connectivity index (χ0n) is 15.9. The van der Waals surface area contributed by atoms with Gasteiger partial charge in [-0.25, -0.2) is 0 Å². The second-order valence-electron chi connectivity index (χ2n) is 7.48. The Kier molecular flexibility index (Phi) is 5.35. The van der Waals surface area contributed by atoms with Crippen molar-refractivity contribution >= 4 is 37.0 Å². The van der Waals surface area contributed by atoms with Crippen molar-refractivity contribution in [1.29, 1.82) is 0 Å². The fraction of sp³-hybridized carbons (Fsp3) is 0.333. The molecule has 7 heteroatoms. The Bertz CT molecular complexity index is 1100. The van der Waals surface area contributed by atoms with Crippen LogP contribution in [-0.4, -0.2) is 37.8 Å². The van der Waals surface area contributed by atoms with Crippen molar-refractivity contribution in [3.05, 3.63) is 70.3 Å². The number of rotatable bonds is 6. The molecule has 2 unspecified atom stereocenters. The summed E-state index contributed by atoms with van der Waals surface area (Å²) >= 11 is 3.55. The molecule has 0 fully saturated rings. The van der Waals surface area contributed by atoms with E-state index in [2.05, 4.69) is 62.8 Å². The summed E-state index contributed by atoms with van der Waals surface area (Å²) in [5.41, 5.74) is 3.59. The first-order chi connectivity index (χ1) is 13.3. The minimum atomic E-state index is -3.47. The van der Waals surface area contributed by atoms with Gasteiger partial charge in [-0.3, -0.25) is 9.08 Å². The van der Waals surface area contributed by atoms with Crippen molar-refractivity contribution in [1.82, 2.24) is 9.47 Å². The molecule has 2 heterocycles. The summed E-state index contributed by atoms with van der Waals surface area (Å²) < 4.78 is 31.7. The topological polar surface area (TPSA) is 51.5 Å². The minimum Gasteiger partial charge on any atom is -0.343 e. The van der Waals surface area contributed by atoms with Gasteiger partial charge in [0, 0.05) is 40.1 Å². The van der Waals surface area contributed by atoms with Crippen LogP contribution in [0.2, 0.25) is 0 Å². The molecule has 3 aromatic rings. The maximum Gasteiger partial charge on any atom is 0.264 e. The van der Waals surface area contributed by atoms with Crippen molar-refractivity contribution in [2.24, 2.45) is 5.92 Å². The third kappa shape index (κ3) is 4.03. The minimum absolute atomic E-state index is 0.0616. The van der Waals surface area contributed by atoms with Gasteiger partial charge in [0.05, 0.1) is 18.9 Å². The number of nitrogens with zero attached hydrogens (tertiary/aromatic N) is 2. The van der Waals surface area contributed by atoms with Gasteiger partial charge < -0.3 is 4.57 Å². The maximum absolute atomic E-state index is 11.6. The molecule has 148 valence electrons. The third-order valence-corrected chi connectivity index (χ3v) is 6.37. The van der Waals surface area contributed by atoms with Crippen LogP contribution < -0.4 is 0 Å². The zero-order valence-corrected chi connectivity index (χ0v) is 18.3. The Balaban J connectivity index is 1.69. The van der Waals surface area contributed by atoms with Gasteiger partial charge in [-0.05, 0) is 36.9 Å². The molecule has 1 aliphatic heterocycles. The van der Waals surface area contributed by atoms with Crippen molar-refractivity contribution in [3.8, 4) is 0 Å². The molecule has 4 rings (SSSR count). The van der Waals surface area contributed by atoms with Crippen LogP contribution in [0.5, 0.6) is 0 Å². The average Bonchev–Trinajstić information content (AvgIpc) is 3.14. The number of benzene rings is 2. The van der Waals surface area contributed by atoms with Crippen LogP contribution in [0.4, 0.5) is 0 Å². The molecule has 0 saturated heterocycles. The van der Waals surface area contributed by atoms with E-state index in [1.165, 1.54) is 16.6 Å². The highest BCUT2D eigenvalue weighted by Gasteiger charge is 2.37. The predicted octanol–water partition coefficient (Wildman–Crippen LogP) is 4.18. The van der Waals surface area contributed by atoms with Gasteiger partial charge in [-0.2, -0.15) is 8.42 Å². The molecule has 0 spiro atoms. The lowest BCUT2D eigenvalue weighted by atomic mass is 9.99. The van der Waals surface area contributed by atoms with Crippen molar-refractivity contribution in [2.75, 3.05) is 19.9 Å². The highest BCUT2D eigenvalue weighted by atomic mass is 79.9. The standard InChI is InChI=1S/C21H23BrN2O3S/c1-23(12-15-6-4-3-5-7-15)21-17(14-27-28(2,25)26)13-24-19-9-8-18(22)10-16(19)11-20(21)24/h3-11,17,21H,12-14H2,1-2H3. The Labute approximate surface area is 174 Å². The van der Waals surface area contributed by atoms with Gasteiger partial charge in [-0.1, -0.05) is 46.3 Å². The number of halogens is 1. The van der Waals surface area contributed by atoms with Gasteiger partial charge in [0.25, 0.3) is 10.1 Å². The number of fused-ring (bicyclic) bond motifs is 3. The molecule has 2 aromatic carbocycles. The molecule has 1 aliphatic rings. The largest absolute Gasteiger partial charge is 0.343 e. The Morgan fingerprint density at radius 1 is 1.18 bits per heavy atom. The second kappa shape index (κ2) is 7.63. The maximum atomic E-state index is 11.6. The molecule has 1 aromatic heterocycles. The summed E-state index contributed by atoms with van der Waals surface area (Å²) in [7, 11) is -1.38. The van der Waals surface area contributed by atoms with E-state index in [4.69, 9.17) is 4.18 Å². The predicted molar refractivity (Wildman–Crippen MR) is 115 cm³/mol. The molecular formula is C21H23BrN2O3S. The quantitative estimate of drug-likeness (QED) is 0.515. The molecule has 28 heavy (non-hydrogen) atoms. The summed E-state index contributed by atoms with van der Waals surface area (Å²) in [6.45, 7) is 1.70. The Morgan fingerprint density at radius 3 is 2.64 bits per heavy atom. The van der Waals surface area contributed by atoms with Gasteiger partial charge in [0.2, 0.25) is 0 Å². The monoisotopic (exact) mass is 462 g/mol. The fourth-order valence-corrected chi connectivity index (χ4v) is 5.00. The number of hydrogen-bond donors (Lipinski definition) is 0. The van der Waals surface area contributed by atoms with E-state index in [0.717, 1.165) is 29.3 Å². The average molecular weight is 463 g/mol. The van der Waals surface area contributed by atoms with E-state index >= 15 is 0 Å². The smallest absolute Gasteiger partial charge is 0.264 e. The summed E-state index contributed by atoms with van der Waals surface area (Å²) in [5, 5.41) is 1.19. The Morgan fingerprint density at radius 2 is 1.93 bits per heavy atom. The van der Waals surface area contributed by atoms with E-state index < -0.39 is 10.1 Å². The van der Waals surface area contributed by atoms with Gasteiger partial charge in [0.15, 0.2) is 0 Å². The van der Waals surface area contributed by atoms with Crippen LogP contribution in [0.15, 0.2) is 59.1 Å². The Hall–Kier alpha value is -1.67. The molecule has 5 nitrogen and oxygen atoms in total. The fourth-order valence-electron chi connectivity index (χ4n) is 4.20. The van der Waals surface area contributed by atoms with E-state index in [-0.39, 0.29) is 18.6 Å². The summed E-state index contributed by atoms with van der Waals surface area (Å²) in [6.07, 6.45) is 1.11. The first-order valence-corrected chi connectivity index (χ1v) is 11.8. The number of aromatic nitrogens is 1. The van der Waals surface area contributed by atoms with Crippen molar-refractivity contribution < 1.29 is 12.6 Å². The molecule has 0 amide bonds. The van der Waals surface area contributed by atoms with Crippen LogP contribution in [0.1, 0.15) is 17.3 Å². The first-order valence-electron chi connectivity index (χ1n) is 9.19. The van der Waals surface area contributed by atoms with Crippen LogP contribution in [0.3, 0.4) is 0 Å². The molecule has 0 bridgehead atoms. The summed E-state index contributed by atoms with van der Waals surface area (Å²) in [5.74, 6) is 0.0616. The molecule has 2 atom stereocenters. The van der Waals surface area contributed by atoms with Crippen molar-refractivity contribution in [2.45, 2.75) is 19.1 Å². The van der Waals surface area contributed by atoms with E-state index in [1.54, 1.807) is 0 Å². The van der Waals surface area contributed by atoms with Crippen LogP contribution in [-0.2, 0) is 27.4 Å². The van der Waals surface area contributed by atoms with Crippen LogP contribution >= 0.6 is 15.9 Å². The second-order valence-corrected chi connectivity index (χ2v) is 10.0. The lowest BCUT2D eigenvalue weighted by Gasteiger charge is -2.29. The molecule has 0 radical (unpaired) electrons. The van der Waals surface area contributed by atoms with E-state index in [9.17, 15) is 8.42 Å². The molecule has 0 aliphatic carbocycles. The SMILES string of the molecule is CN(Cc1ccccc1)C1c2cc3cc(Br)ccc3n2CC1COS(C)(=O)=O. The summed E-state index contributed by atoms with van der Waals surface area (Å²) in [6, 6.07) is 18.9. The van der Waals surface area contributed by atoms with Gasteiger partial charge in [-0.15, -0.1) is 0 Å².